The van der Waals surface area contributed by atoms with Gasteiger partial charge in [0.1, 0.15) is 5.75 Å². The molecule has 0 bridgehead atoms. The summed E-state index contributed by atoms with van der Waals surface area (Å²) in [4.78, 5) is 0. The lowest BCUT2D eigenvalue weighted by Crippen LogP contribution is -2.20. The first-order valence-corrected chi connectivity index (χ1v) is 7.62. The average molecular weight is 270 g/mol. The summed E-state index contributed by atoms with van der Waals surface area (Å²) < 4.78 is 6.30. The maximum atomic E-state index is 10.0. The molecular formula is C18H22O2. The van der Waals surface area contributed by atoms with Crippen molar-refractivity contribution in [2.45, 2.75) is 51.2 Å². The second kappa shape index (κ2) is 5.84. The van der Waals surface area contributed by atoms with Crippen LogP contribution < -0.4 is 4.74 Å². The van der Waals surface area contributed by atoms with Gasteiger partial charge in [-0.05, 0) is 38.0 Å². The lowest BCUT2D eigenvalue weighted by Gasteiger charge is -2.26. The van der Waals surface area contributed by atoms with Crippen LogP contribution in [0.1, 0.15) is 50.7 Å². The van der Waals surface area contributed by atoms with Gasteiger partial charge in [0.2, 0.25) is 0 Å². The maximum absolute atomic E-state index is 10.0. The van der Waals surface area contributed by atoms with E-state index < -0.39 is 6.10 Å². The van der Waals surface area contributed by atoms with E-state index in [1.807, 2.05) is 18.2 Å². The molecule has 1 aliphatic rings. The van der Waals surface area contributed by atoms with E-state index in [-0.39, 0.29) is 0 Å². The van der Waals surface area contributed by atoms with Crippen LogP contribution >= 0.6 is 0 Å². The third-order valence-electron chi connectivity index (χ3n) is 4.20. The van der Waals surface area contributed by atoms with E-state index in [9.17, 15) is 5.11 Å². The normalized spacial score (nSPS) is 18.1. The third kappa shape index (κ3) is 2.66. The van der Waals surface area contributed by atoms with Crippen molar-refractivity contribution in [1.82, 2.24) is 0 Å². The molecule has 2 aromatic rings. The number of hydrogen-bond donors (Lipinski definition) is 1. The lowest BCUT2D eigenvalue weighted by atomic mass is 9.97. The Morgan fingerprint density at radius 3 is 2.55 bits per heavy atom. The van der Waals surface area contributed by atoms with Gasteiger partial charge >= 0.3 is 0 Å². The molecule has 1 saturated carbocycles. The summed E-state index contributed by atoms with van der Waals surface area (Å²) >= 11 is 0. The van der Waals surface area contributed by atoms with Crippen LogP contribution in [0.2, 0.25) is 0 Å². The molecule has 2 heteroatoms. The van der Waals surface area contributed by atoms with E-state index in [0.717, 1.165) is 29.5 Å². The van der Waals surface area contributed by atoms with Crippen molar-refractivity contribution in [3.63, 3.8) is 0 Å². The van der Waals surface area contributed by atoms with E-state index in [1.165, 1.54) is 24.6 Å². The summed E-state index contributed by atoms with van der Waals surface area (Å²) in [6, 6.07) is 12.3. The summed E-state index contributed by atoms with van der Waals surface area (Å²) in [5.41, 5.74) is 0.897. The maximum Gasteiger partial charge on any atom is 0.133 e. The molecule has 0 spiro atoms. The Labute approximate surface area is 120 Å². The highest BCUT2D eigenvalue weighted by Crippen LogP contribution is 2.36. The first-order chi connectivity index (χ1) is 9.75. The summed E-state index contributed by atoms with van der Waals surface area (Å²) in [5.74, 6) is 0.880. The van der Waals surface area contributed by atoms with E-state index in [4.69, 9.17) is 4.74 Å². The van der Waals surface area contributed by atoms with Crippen LogP contribution in [0.15, 0.2) is 36.4 Å². The van der Waals surface area contributed by atoms with Gasteiger partial charge in [0.25, 0.3) is 0 Å². The van der Waals surface area contributed by atoms with Crippen LogP contribution in [-0.2, 0) is 0 Å². The van der Waals surface area contributed by atoms with Crippen molar-refractivity contribution in [2.75, 3.05) is 0 Å². The van der Waals surface area contributed by atoms with Crippen molar-refractivity contribution in [3.05, 3.63) is 42.0 Å². The highest BCUT2D eigenvalue weighted by molar-refractivity contribution is 5.89. The second-order valence-corrected chi connectivity index (χ2v) is 5.76. The quantitative estimate of drug-likeness (QED) is 0.883. The minimum absolute atomic E-state index is 0.298. The molecule has 1 aliphatic carbocycles. The fourth-order valence-corrected chi connectivity index (χ4v) is 3.07. The van der Waals surface area contributed by atoms with E-state index in [2.05, 4.69) is 18.2 Å². The van der Waals surface area contributed by atoms with Crippen molar-refractivity contribution in [1.29, 1.82) is 0 Å². The minimum atomic E-state index is -0.502. The molecular weight excluding hydrogens is 248 g/mol. The monoisotopic (exact) mass is 270 g/mol. The smallest absolute Gasteiger partial charge is 0.133 e. The van der Waals surface area contributed by atoms with E-state index >= 15 is 0 Å². The molecule has 0 radical (unpaired) electrons. The first-order valence-electron chi connectivity index (χ1n) is 7.62. The third-order valence-corrected chi connectivity index (χ3v) is 4.20. The molecule has 0 aliphatic heterocycles. The number of rotatable bonds is 3. The number of aliphatic hydroxyl groups excluding tert-OH is 1. The largest absolute Gasteiger partial charge is 0.489 e. The average Bonchev–Trinajstić information content (AvgIpc) is 2.48. The molecule has 1 fully saturated rings. The Hall–Kier alpha value is -1.54. The topological polar surface area (TPSA) is 29.5 Å². The molecule has 0 saturated heterocycles. The number of benzene rings is 2. The molecule has 1 atom stereocenters. The summed E-state index contributed by atoms with van der Waals surface area (Å²) in [7, 11) is 0. The highest BCUT2D eigenvalue weighted by Gasteiger charge is 2.19. The molecule has 2 nitrogen and oxygen atoms in total. The zero-order valence-electron chi connectivity index (χ0n) is 12.0. The molecule has 0 aromatic heterocycles. The number of aliphatic hydroxyl groups is 1. The van der Waals surface area contributed by atoms with Gasteiger partial charge in [0, 0.05) is 10.9 Å². The van der Waals surface area contributed by atoms with Gasteiger partial charge in [-0.1, -0.05) is 42.8 Å². The zero-order valence-corrected chi connectivity index (χ0v) is 12.0. The highest BCUT2D eigenvalue weighted by atomic mass is 16.5. The number of ether oxygens (including phenoxy) is 1. The van der Waals surface area contributed by atoms with Crippen LogP contribution in [0.5, 0.6) is 5.75 Å². The van der Waals surface area contributed by atoms with Gasteiger partial charge in [-0.3, -0.25) is 0 Å². The SMILES string of the molecule is C[C@@H](O)c1ccc2ccccc2c1OC1CCCCC1. The Morgan fingerprint density at radius 2 is 1.80 bits per heavy atom. The minimum Gasteiger partial charge on any atom is -0.489 e. The van der Waals surface area contributed by atoms with Gasteiger partial charge in [-0.2, -0.15) is 0 Å². The Morgan fingerprint density at radius 1 is 1.05 bits per heavy atom. The van der Waals surface area contributed by atoms with E-state index in [1.54, 1.807) is 6.92 Å². The van der Waals surface area contributed by atoms with Crippen LogP contribution in [0, 0.1) is 0 Å². The fourth-order valence-electron chi connectivity index (χ4n) is 3.07. The van der Waals surface area contributed by atoms with Crippen molar-refractivity contribution >= 4 is 10.8 Å². The van der Waals surface area contributed by atoms with E-state index in [0.29, 0.717) is 6.10 Å². The van der Waals surface area contributed by atoms with Crippen molar-refractivity contribution in [2.24, 2.45) is 0 Å². The number of hydrogen-bond acceptors (Lipinski definition) is 2. The van der Waals surface area contributed by atoms with Crippen molar-refractivity contribution < 1.29 is 9.84 Å². The molecule has 2 aromatic carbocycles. The molecule has 106 valence electrons. The Balaban J connectivity index is 2.02. The van der Waals surface area contributed by atoms with Gasteiger partial charge in [-0.25, -0.2) is 0 Å². The molecule has 20 heavy (non-hydrogen) atoms. The van der Waals surface area contributed by atoms with Crippen LogP contribution in [-0.4, -0.2) is 11.2 Å². The standard InChI is InChI=1S/C18H22O2/c1-13(19)16-12-11-14-7-5-6-10-17(14)18(16)20-15-8-3-2-4-9-15/h5-7,10-13,15,19H,2-4,8-9H2,1H3/t13-/m1/s1. The van der Waals surface area contributed by atoms with Crippen molar-refractivity contribution in [3.8, 4) is 5.75 Å². The molecule has 0 amide bonds. The molecule has 0 heterocycles. The molecule has 3 rings (SSSR count). The predicted molar refractivity (Wildman–Crippen MR) is 82.1 cm³/mol. The lowest BCUT2D eigenvalue weighted by molar-refractivity contribution is 0.144. The van der Waals surface area contributed by atoms with Gasteiger partial charge in [0.05, 0.1) is 12.2 Å². The summed E-state index contributed by atoms with van der Waals surface area (Å²) in [6.45, 7) is 1.80. The van der Waals surface area contributed by atoms with Crippen LogP contribution in [0.4, 0.5) is 0 Å². The number of fused-ring (bicyclic) bond motifs is 1. The van der Waals surface area contributed by atoms with Gasteiger partial charge < -0.3 is 9.84 Å². The Bertz CT molecular complexity index is 583. The summed E-state index contributed by atoms with van der Waals surface area (Å²) in [6.07, 6.45) is 5.87. The second-order valence-electron chi connectivity index (χ2n) is 5.76. The molecule has 1 N–H and O–H groups in total. The predicted octanol–water partition coefficient (Wildman–Crippen LogP) is 4.60. The molecule has 0 unspecified atom stereocenters. The zero-order chi connectivity index (χ0) is 13.9. The van der Waals surface area contributed by atoms with Gasteiger partial charge in [0.15, 0.2) is 0 Å². The summed E-state index contributed by atoms with van der Waals surface area (Å²) in [5, 5.41) is 12.3. The van der Waals surface area contributed by atoms with Gasteiger partial charge in [-0.15, -0.1) is 0 Å². The van der Waals surface area contributed by atoms with Crippen LogP contribution in [0.3, 0.4) is 0 Å². The fraction of sp³-hybridized carbons (Fsp3) is 0.444. The Kier molecular flexibility index (Phi) is 3.93. The first kappa shape index (κ1) is 13.4. The van der Waals surface area contributed by atoms with Crippen LogP contribution in [0.25, 0.3) is 10.8 Å².